The maximum atomic E-state index is 12.0. The Morgan fingerprint density at radius 2 is 2.00 bits per heavy atom. The summed E-state index contributed by atoms with van der Waals surface area (Å²) in [6.45, 7) is 5.29. The number of aromatic nitrogens is 3. The average Bonchev–Trinajstić information content (AvgIpc) is 3.07. The molecule has 2 rings (SSSR count). The second-order valence-corrected chi connectivity index (χ2v) is 5.47. The topological polar surface area (TPSA) is 124 Å². The second-order valence-electron chi connectivity index (χ2n) is 5.06. The molecule has 0 aliphatic rings. The number of H-pyrrole nitrogens is 1. The van der Waals surface area contributed by atoms with Gasteiger partial charge in [-0.2, -0.15) is 10.3 Å². The third-order valence-electron chi connectivity index (χ3n) is 3.24. The first-order chi connectivity index (χ1) is 12.4. The van der Waals surface area contributed by atoms with Gasteiger partial charge in [-0.15, -0.1) is 5.10 Å². The number of benzene rings is 1. The standard InChI is InChI=1S/C16H18ClN3O6/c1-4-24-11-7-9(6-10(17)14(11)26-8(3)15(21)22)12-13(19-20-18-12)16(23)25-5-2/h6-8H,4-5H2,1-3H3,(H,21,22)(H,18,19,20). The summed E-state index contributed by atoms with van der Waals surface area (Å²) in [5.74, 6) is -1.46. The van der Waals surface area contributed by atoms with E-state index in [2.05, 4.69) is 15.4 Å². The van der Waals surface area contributed by atoms with Crippen LogP contribution in [0.25, 0.3) is 11.3 Å². The van der Waals surface area contributed by atoms with Crippen molar-refractivity contribution in [3.63, 3.8) is 0 Å². The molecule has 0 amide bonds. The molecular weight excluding hydrogens is 366 g/mol. The zero-order valence-corrected chi connectivity index (χ0v) is 15.2. The van der Waals surface area contributed by atoms with Crippen molar-refractivity contribution in [1.29, 1.82) is 0 Å². The van der Waals surface area contributed by atoms with Gasteiger partial charge < -0.3 is 19.3 Å². The first kappa shape index (κ1) is 19.5. The van der Waals surface area contributed by atoms with Gasteiger partial charge in [0.2, 0.25) is 0 Å². The molecule has 0 bridgehead atoms. The molecule has 1 atom stereocenters. The number of aromatic amines is 1. The minimum absolute atomic E-state index is 0.00191. The number of carbonyl (C=O) groups excluding carboxylic acids is 1. The van der Waals surface area contributed by atoms with E-state index in [1.807, 2.05) is 0 Å². The Labute approximate surface area is 154 Å². The largest absolute Gasteiger partial charge is 0.490 e. The van der Waals surface area contributed by atoms with Crippen molar-refractivity contribution in [3.05, 3.63) is 22.8 Å². The highest BCUT2D eigenvalue weighted by Gasteiger charge is 2.24. The Balaban J connectivity index is 2.48. The van der Waals surface area contributed by atoms with Crippen LogP contribution in [-0.4, -0.2) is 51.8 Å². The highest BCUT2D eigenvalue weighted by atomic mass is 35.5. The van der Waals surface area contributed by atoms with Crippen LogP contribution in [0.4, 0.5) is 0 Å². The molecule has 1 aromatic heterocycles. The number of rotatable bonds is 8. The molecule has 1 unspecified atom stereocenters. The van der Waals surface area contributed by atoms with Crippen molar-refractivity contribution < 1.29 is 28.9 Å². The van der Waals surface area contributed by atoms with Gasteiger partial charge in [-0.1, -0.05) is 11.6 Å². The number of aliphatic carboxylic acids is 1. The van der Waals surface area contributed by atoms with Crippen molar-refractivity contribution in [2.45, 2.75) is 26.9 Å². The lowest BCUT2D eigenvalue weighted by molar-refractivity contribution is -0.144. The molecule has 1 heterocycles. The Morgan fingerprint density at radius 3 is 2.62 bits per heavy atom. The Morgan fingerprint density at radius 1 is 1.27 bits per heavy atom. The molecule has 0 radical (unpaired) electrons. The van der Waals surface area contributed by atoms with E-state index in [1.54, 1.807) is 19.9 Å². The maximum absolute atomic E-state index is 12.0. The lowest BCUT2D eigenvalue weighted by Crippen LogP contribution is -2.23. The fourth-order valence-corrected chi connectivity index (χ4v) is 2.34. The number of hydrogen-bond acceptors (Lipinski definition) is 7. The molecular formula is C16H18ClN3O6. The summed E-state index contributed by atoms with van der Waals surface area (Å²) in [7, 11) is 0. The summed E-state index contributed by atoms with van der Waals surface area (Å²) in [5.41, 5.74) is 0.660. The van der Waals surface area contributed by atoms with Crippen LogP contribution in [-0.2, 0) is 9.53 Å². The van der Waals surface area contributed by atoms with Crippen molar-refractivity contribution >= 4 is 23.5 Å². The molecule has 9 nitrogen and oxygen atoms in total. The molecule has 0 aliphatic heterocycles. The van der Waals surface area contributed by atoms with Gasteiger partial charge in [-0.3, -0.25) is 0 Å². The van der Waals surface area contributed by atoms with Gasteiger partial charge in [-0.25, -0.2) is 9.59 Å². The number of carbonyl (C=O) groups is 2. The Kier molecular flexibility index (Phi) is 6.40. The molecule has 0 saturated heterocycles. The fourth-order valence-electron chi connectivity index (χ4n) is 2.08. The number of esters is 1. The minimum Gasteiger partial charge on any atom is -0.490 e. The molecule has 0 saturated carbocycles. The van der Waals surface area contributed by atoms with E-state index in [0.29, 0.717) is 12.2 Å². The van der Waals surface area contributed by atoms with Crippen molar-refractivity contribution in [2.75, 3.05) is 13.2 Å². The summed E-state index contributed by atoms with van der Waals surface area (Å²) in [6, 6.07) is 3.02. The minimum atomic E-state index is -1.14. The van der Waals surface area contributed by atoms with Crippen LogP contribution < -0.4 is 9.47 Å². The van der Waals surface area contributed by atoms with Crippen molar-refractivity contribution in [3.8, 4) is 22.8 Å². The van der Waals surface area contributed by atoms with Gasteiger partial charge in [-0.05, 0) is 32.9 Å². The summed E-state index contributed by atoms with van der Waals surface area (Å²) < 4.78 is 15.8. The summed E-state index contributed by atoms with van der Waals surface area (Å²) in [5, 5.41) is 19.3. The second kappa shape index (κ2) is 8.52. The normalized spacial score (nSPS) is 11.7. The molecule has 10 heteroatoms. The van der Waals surface area contributed by atoms with Gasteiger partial charge in [0.1, 0.15) is 5.69 Å². The quantitative estimate of drug-likeness (QED) is 0.666. The smallest absolute Gasteiger partial charge is 0.361 e. The molecule has 2 aromatic rings. The molecule has 2 N–H and O–H groups in total. The lowest BCUT2D eigenvalue weighted by atomic mass is 10.1. The maximum Gasteiger partial charge on any atom is 0.361 e. The number of hydrogen-bond donors (Lipinski definition) is 2. The zero-order chi connectivity index (χ0) is 19.3. The fraction of sp³-hybridized carbons (Fsp3) is 0.375. The Bertz CT molecular complexity index is 807. The van der Waals surface area contributed by atoms with E-state index in [4.69, 9.17) is 30.9 Å². The predicted molar refractivity (Wildman–Crippen MR) is 91.7 cm³/mol. The van der Waals surface area contributed by atoms with Gasteiger partial charge in [0.15, 0.2) is 23.3 Å². The zero-order valence-electron chi connectivity index (χ0n) is 14.4. The lowest BCUT2D eigenvalue weighted by Gasteiger charge is -2.17. The molecule has 26 heavy (non-hydrogen) atoms. The highest BCUT2D eigenvalue weighted by molar-refractivity contribution is 6.32. The Hall–Kier alpha value is -2.81. The van der Waals surface area contributed by atoms with Gasteiger partial charge in [0, 0.05) is 5.56 Å². The van der Waals surface area contributed by atoms with Crippen LogP contribution >= 0.6 is 11.6 Å². The van der Waals surface area contributed by atoms with Gasteiger partial charge in [0.25, 0.3) is 0 Å². The summed E-state index contributed by atoms with van der Waals surface area (Å²) in [4.78, 5) is 23.0. The van der Waals surface area contributed by atoms with E-state index in [9.17, 15) is 9.59 Å². The number of carboxylic acids is 1. The number of ether oxygens (including phenoxy) is 3. The summed E-state index contributed by atoms with van der Waals surface area (Å²) in [6.07, 6.45) is -1.13. The SMILES string of the molecule is CCOC(=O)c1n[nH]nc1-c1cc(Cl)c(OC(C)C(=O)O)c(OCC)c1. The van der Waals surface area contributed by atoms with Gasteiger partial charge in [0.05, 0.1) is 18.2 Å². The number of carboxylic acid groups (broad SMARTS) is 1. The van der Waals surface area contributed by atoms with Crippen molar-refractivity contribution in [2.24, 2.45) is 0 Å². The highest BCUT2D eigenvalue weighted by Crippen LogP contribution is 2.40. The van der Waals surface area contributed by atoms with Gasteiger partial charge >= 0.3 is 11.9 Å². The summed E-state index contributed by atoms with van der Waals surface area (Å²) >= 11 is 6.26. The third kappa shape index (κ3) is 4.23. The van der Waals surface area contributed by atoms with Crippen LogP contribution in [0, 0.1) is 0 Å². The predicted octanol–water partition coefficient (Wildman–Crippen LogP) is 2.55. The van der Waals surface area contributed by atoms with Crippen LogP contribution in [0.2, 0.25) is 5.02 Å². The van der Waals surface area contributed by atoms with E-state index in [-0.39, 0.29) is 34.5 Å². The first-order valence-electron chi connectivity index (χ1n) is 7.83. The molecule has 1 aromatic carbocycles. The monoisotopic (exact) mass is 383 g/mol. The third-order valence-corrected chi connectivity index (χ3v) is 3.52. The number of nitrogens with one attached hydrogen (secondary N) is 1. The average molecular weight is 384 g/mol. The van der Waals surface area contributed by atoms with E-state index in [0.717, 1.165) is 0 Å². The molecule has 0 aliphatic carbocycles. The van der Waals surface area contributed by atoms with E-state index >= 15 is 0 Å². The first-order valence-corrected chi connectivity index (χ1v) is 8.20. The molecule has 0 fully saturated rings. The molecule has 0 spiro atoms. The van der Waals surface area contributed by atoms with Crippen LogP contribution in [0.15, 0.2) is 12.1 Å². The van der Waals surface area contributed by atoms with E-state index in [1.165, 1.54) is 13.0 Å². The van der Waals surface area contributed by atoms with Crippen LogP contribution in [0.1, 0.15) is 31.3 Å². The van der Waals surface area contributed by atoms with E-state index < -0.39 is 18.0 Å². The van der Waals surface area contributed by atoms with Crippen molar-refractivity contribution in [1.82, 2.24) is 15.4 Å². The number of nitrogens with zero attached hydrogens (tertiary/aromatic N) is 2. The molecule has 140 valence electrons. The van der Waals surface area contributed by atoms with Crippen LogP contribution in [0.3, 0.4) is 0 Å². The number of halogens is 1. The van der Waals surface area contributed by atoms with Crippen LogP contribution in [0.5, 0.6) is 11.5 Å².